The minimum atomic E-state index is -3.66. The van der Waals surface area contributed by atoms with Crippen LogP contribution < -0.4 is 19.5 Å². The first kappa shape index (κ1) is 35.1. The van der Waals surface area contributed by atoms with Crippen LogP contribution in [0.2, 0.25) is 0 Å². The van der Waals surface area contributed by atoms with Crippen LogP contribution in [0.15, 0.2) is 42.6 Å². The highest BCUT2D eigenvalue weighted by Gasteiger charge is 2.24. The number of aliphatic carboxylic acids is 1. The van der Waals surface area contributed by atoms with Crippen LogP contribution in [0.4, 0.5) is 0 Å². The quantitative estimate of drug-likeness (QED) is 0.248. The summed E-state index contributed by atoms with van der Waals surface area (Å²) in [6.45, 7) is 6.10. The number of benzene rings is 2. The third-order valence-corrected chi connectivity index (χ3v) is 7.31. The maximum absolute atomic E-state index is 12.9. The molecule has 2 N–H and O–H groups in total. The monoisotopic (exact) mass is 618 g/mol. The number of carbonyl (C=O) groups excluding carboxylic acids is 2. The number of nitrogens with zero attached hydrogens (tertiary/aromatic N) is 1. The van der Waals surface area contributed by atoms with E-state index in [-0.39, 0.29) is 12.0 Å². The molecular weight excluding hydrogens is 576 g/mol. The molecule has 0 spiro atoms. The summed E-state index contributed by atoms with van der Waals surface area (Å²) < 4.78 is 41.4. The standard InChI is InChI=1S/C27H32N2O9S.C4H10/c1-36-23-12-17(13-24(37-2)26(23)38-3)8-7-9-18(14-25(31)32)27(33)28-15-22(30)20-16-29(39(4,34)35)21-11-6-5-10-19(20)21;1-4(2)3/h5-6,10-13,16,18H,7-9,14-15H2,1-4H3,(H,28,33)(H,31,32);4H,1-3H3. The van der Waals surface area contributed by atoms with Crippen molar-refractivity contribution in [3.05, 3.63) is 53.7 Å². The Morgan fingerprint density at radius 1 is 0.977 bits per heavy atom. The number of rotatable bonds is 14. The number of fused-ring (bicyclic) bond motifs is 1. The van der Waals surface area contributed by atoms with Crippen LogP contribution in [-0.4, -0.2) is 69.3 Å². The van der Waals surface area contributed by atoms with Gasteiger partial charge < -0.3 is 24.6 Å². The molecule has 0 aliphatic heterocycles. The number of ether oxygens (including phenoxy) is 3. The molecule has 0 fully saturated rings. The fourth-order valence-corrected chi connectivity index (χ4v) is 5.24. The fourth-order valence-electron chi connectivity index (χ4n) is 4.42. The Morgan fingerprint density at radius 3 is 2.07 bits per heavy atom. The normalized spacial score (nSPS) is 11.8. The summed E-state index contributed by atoms with van der Waals surface area (Å²) in [6.07, 6.45) is 3.13. The number of hydrogen-bond donors (Lipinski definition) is 2. The van der Waals surface area contributed by atoms with Crippen LogP contribution in [-0.2, 0) is 26.0 Å². The number of carbonyl (C=O) groups is 3. The summed E-state index contributed by atoms with van der Waals surface area (Å²) in [5, 5.41) is 12.3. The van der Waals surface area contributed by atoms with E-state index in [0.29, 0.717) is 41.0 Å². The molecule has 3 rings (SSSR count). The Kier molecular flexibility index (Phi) is 13.0. The number of ketones is 1. The van der Waals surface area contributed by atoms with Crippen molar-refractivity contribution in [1.82, 2.24) is 9.29 Å². The lowest BCUT2D eigenvalue weighted by Gasteiger charge is -2.16. The number of aryl methyl sites for hydroxylation is 1. The summed E-state index contributed by atoms with van der Waals surface area (Å²) in [5.74, 6) is -0.794. The van der Waals surface area contributed by atoms with Gasteiger partial charge in [-0.05, 0) is 48.9 Å². The Morgan fingerprint density at radius 2 is 1.56 bits per heavy atom. The van der Waals surface area contributed by atoms with E-state index in [1.807, 2.05) is 0 Å². The fraction of sp³-hybridized carbons (Fsp3) is 0.452. The van der Waals surface area contributed by atoms with Crippen molar-refractivity contribution in [2.45, 2.75) is 46.5 Å². The number of aromatic nitrogens is 1. The first-order valence-electron chi connectivity index (χ1n) is 13.9. The maximum Gasteiger partial charge on any atom is 0.304 e. The first-order valence-corrected chi connectivity index (χ1v) is 15.7. The maximum atomic E-state index is 12.9. The number of para-hydroxylation sites is 1. The summed E-state index contributed by atoms with van der Waals surface area (Å²) in [4.78, 5) is 37.3. The van der Waals surface area contributed by atoms with E-state index < -0.39 is 46.6 Å². The third kappa shape index (κ3) is 10.0. The molecule has 43 heavy (non-hydrogen) atoms. The number of amides is 1. The van der Waals surface area contributed by atoms with Crippen LogP contribution in [0, 0.1) is 11.8 Å². The van der Waals surface area contributed by atoms with Crippen LogP contribution in [0.25, 0.3) is 10.9 Å². The Bertz CT molecular complexity index is 1500. The van der Waals surface area contributed by atoms with E-state index in [1.54, 1.807) is 36.4 Å². The van der Waals surface area contributed by atoms with Gasteiger partial charge in [-0.25, -0.2) is 12.4 Å². The van der Waals surface area contributed by atoms with Crippen LogP contribution in [0.5, 0.6) is 17.2 Å². The van der Waals surface area contributed by atoms with Crippen molar-refractivity contribution in [2.24, 2.45) is 11.8 Å². The molecule has 1 atom stereocenters. The lowest BCUT2D eigenvalue weighted by Crippen LogP contribution is -2.35. The van der Waals surface area contributed by atoms with E-state index in [1.165, 1.54) is 27.5 Å². The highest BCUT2D eigenvalue weighted by molar-refractivity contribution is 7.89. The van der Waals surface area contributed by atoms with Crippen LogP contribution >= 0.6 is 0 Å². The summed E-state index contributed by atoms with van der Waals surface area (Å²) in [7, 11) is 0.863. The van der Waals surface area contributed by atoms with Crippen molar-refractivity contribution < 1.29 is 42.1 Å². The topological polar surface area (TPSA) is 150 Å². The van der Waals surface area contributed by atoms with Gasteiger partial charge in [0.25, 0.3) is 0 Å². The van der Waals surface area contributed by atoms with Gasteiger partial charge >= 0.3 is 5.97 Å². The van der Waals surface area contributed by atoms with Crippen LogP contribution in [0.3, 0.4) is 0 Å². The Hall–Kier alpha value is -4.06. The molecule has 11 nitrogen and oxygen atoms in total. The molecule has 1 aromatic heterocycles. The van der Waals surface area contributed by atoms with E-state index in [4.69, 9.17) is 14.2 Å². The van der Waals surface area contributed by atoms with E-state index in [2.05, 4.69) is 26.1 Å². The predicted molar refractivity (Wildman–Crippen MR) is 165 cm³/mol. The molecule has 12 heteroatoms. The lowest BCUT2D eigenvalue weighted by atomic mass is 9.95. The minimum absolute atomic E-state index is 0.147. The third-order valence-electron chi connectivity index (χ3n) is 6.29. The van der Waals surface area contributed by atoms with Gasteiger partial charge in [-0.1, -0.05) is 39.0 Å². The average Bonchev–Trinajstić information content (AvgIpc) is 3.34. The lowest BCUT2D eigenvalue weighted by molar-refractivity contribution is -0.141. The summed E-state index contributed by atoms with van der Waals surface area (Å²) >= 11 is 0. The zero-order valence-corrected chi connectivity index (χ0v) is 26.6. The van der Waals surface area contributed by atoms with Gasteiger partial charge in [-0.2, -0.15) is 0 Å². The van der Waals surface area contributed by atoms with Gasteiger partial charge in [0.2, 0.25) is 21.7 Å². The molecule has 0 aliphatic rings. The molecule has 0 bridgehead atoms. The molecule has 1 heterocycles. The first-order chi connectivity index (χ1) is 20.2. The molecule has 0 saturated heterocycles. The van der Waals surface area contributed by atoms with E-state index >= 15 is 0 Å². The molecule has 0 radical (unpaired) electrons. The van der Waals surface area contributed by atoms with Gasteiger partial charge in [0.05, 0.1) is 46.1 Å². The second-order valence-electron chi connectivity index (χ2n) is 10.7. The number of methoxy groups -OCH3 is 3. The highest BCUT2D eigenvalue weighted by atomic mass is 32.2. The number of hydrogen-bond acceptors (Lipinski definition) is 8. The van der Waals surface area contributed by atoms with E-state index in [0.717, 1.165) is 21.7 Å². The Balaban J connectivity index is 0.00000151. The van der Waals surface area contributed by atoms with E-state index in [9.17, 15) is 27.9 Å². The van der Waals surface area contributed by atoms with Crippen molar-refractivity contribution in [1.29, 1.82) is 0 Å². The number of Topliss-reactive ketones (excluding diaryl/α,β-unsaturated/α-hetero) is 1. The number of carboxylic acids is 1. The Labute approximate surface area is 253 Å². The largest absolute Gasteiger partial charge is 0.493 e. The van der Waals surface area contributed by atoms with Crippen molar-refractivity contribution in [2.75, 3.05) is 34.1 Å². The second kappa shape index (κ2) is 16.0. The average molecular weight is 619 g/mol. The summed E-state index contributed by atoms with van der Waals surface area (Å²) in [5.41, 5.74) is 1.36. The van der Waals surface area contributed by atoms with Gasteiger partial charge in [0.15, 0.2) is 17.3 Å². The van der Waals surface area contributed by atoms with Crippen LogP contribution in [0.1, 0.15) is 56.0 Å². The number of carboxylic acid groups (broad SMARTS) is 1. The smallest absolute Gasteiger partial charge is 0.304 e. The molecular formula is C31H42N2O9S. The molecule has 2 aromatic carbocycles. The zero-order valence-electron chi connectivity index (χ0n) is 25.8. The second-order valence-corrected chi connectivity index (χ2v) is 12.6. The molecule has 1 unspecified atom stereocenters. The molecule has 0 saturated carbocycles. The molecule has 1 amide bonds. The number of nitrogens with one attached hydrogen (secondary N) is 1. The molecule has 236 valence electrons. The van der Waals surface area contributed by atoms with Gasteiger partial charge in [-0.3, -0.25) is 14.4 Å². The van der Waals surface area contributed by atoms with Crippen molar-refractivity contribution >= 4 is 38.6 Å². The molecule has 0 aliphatic carbocycles. The minimum Gasteiger partial charge on any atom is -0.493 e. The van der Waals surface area contributed by atoms with Crippen molar-refractivity contribution in [3.63, 3.8) is 0 Å². The SMILES string of the molecule is CC(C)C.COc1cc(CCCC(CC(=O)O)C(=O)NCC(=O)c2cn(S(C)(=O)=O)c3ccccc23)cc(OC)c1OC. The van der Waals surface area contributed by atoms with Gasteiger partial charge in [0.1, 0.15) is 0 Å². The summed E-state index contributed by atoms with van der Waals surface area (Å²) in [6, 6.07) is 10.1. The predicted octanol–water partition coefficient (Wildman–Crippen LogP) is 4.55. The zero-order chi connectivity index (χ0) is 32.3. The van der Waals surface area contributed by atoms with Gasteiger partial charge in [0, 0.05) is 23.1 Å². The van der Waals surface area contributed by atoms with Gasteiger partial charge in [-0.15, -0.1) is 0 Å². The molecule has 3 aromatic rings. The highest BCUT2D eigenvalue weighted by Crippen LogP contribution is 2.38. The van der Waals surface area contributed by atoms with Crippen molar-refractivity contribution in [3.8, 4) is 17.2 Å².